The van der Waals surface area contributed by atoms with E-state index in [2.05, 4.69) is 5.10 Å². The molecule has 0 aliphatic carbocycles. The van der Waals surface area contributed by atoms with E-state index in [0.717, 1.165) is 31.5 Å². The molecule has 0 unspecified atom stereocenters. The van der Waals surface area contributed by atoms with Crippen molar-refractivity contribution >= 4 is 5.91 Å². The van der Waals surface area contributed by atoms with E-state index in [9.17, 15) is 4.79 Å². The van der Waals surface area contributed by atoms with Gasteiger partial charge in [-0.25, -0.2) is 0 Å². The van der Waals surface area contributed by atoms with Gasteiger partial charge in [0, 0.05) is 26.0 Å². The first-order valence-electron chi connectivity index (χ1n) is 7.65. The van der Waals surface area contributed by atoms with E-state index in [0.29, 0.717) is 0 Å². The summed E-state index contributed by atoms with van der Waals surface area (Å²) < 4.78 is 7.37. The largest absolute Gasteiger partial charge is 0.367 e. The van der Waals surface area contributed by atoms with Crippen LogP contribution in [0.15, 0.2) is 48.8 Å². The van der Waals surface area contributed by atoms with Gasteiger partial charge >= 0.3 is 0 Å². The zero-order valence-electron chi connectivity index (χ0n) is 12.8. The van der Waals surface area contributed by atoms with Crippen LogP contribution >= 0.6 is 0 Å². The fourth-order valence-electron chi connectivity index (χ4n) is 3.10. The van der Waals surface area contributed by atoms with Crippen molar-refractivity contribution in [2.75, 3.05) is 13.7 Å². The molecule has 1 aliphatic heterocycles. The molecular formula is C17H21N3O2. The smallest absolute Gasteiger partial charge is 0.256 e. The molecule has 22 heavy (non-hydrogen) atoms. The molecule has 1 saturated heterocycles. The molecule has 5 heteroatoms. The molecule has 2 aromatic rings. The summed E-state index contributed by atoms with van der Waals surface area (Å²) in [4.78, 5) is 14.8. The summed E-state index contributed by atoms with van der Waals surface area (Å²) in [5.41, 5.74) is 0.903. The van der Waals surface area contributed by atoms with Crippen molar-refractivity contribution in [1.82, 2.24) is 14.7 Å². The van der Waals surface area contributed by atoms with Gasteiger partial charge in [-0.2, -0.15) is 5.10 Å². The number of methoxy groups -OCH3 is 1. The number of likely N-dealkylation sites (tertiary alicyclic amines) is 1. The van der Waals surface area contributed by atoms with Crippen molar-refractivity contribution in [1.29, 1.82) is 0 Å². The van der Waals surface area contributed by atoms with Crippen LogP contribution in [0, 0.1) is 0 Å². The van der Waals surface area contributed by atoms with E-state index >= 15 is 0 Å². The molecule has 3 rings (SSSR count). The number of benzene rings is 1. The zero-order chi connectivity index (χ0) is 15.4. The first-order valence-corrected chi connectivity index (χ1v) is 7.65. The molecule has 1 amide bonds. The summed E-state index contributed by atoms with van der Waals surface area (Å²) in [5.74, 6) is 0.0448. The Balaban J connectivity index is 1.74. The van der Waals surface area contributed by atoms with Crippen molar-refractivity contribution in [2.24, 2.45) is 0 Å². The molecule has 1 aromatic heterocycles. The summed E-state index contributed by atoms with van der Waals surface area (Å²) in [6, 6.07) is 11.8. The number of nitrogens with zero attached hydrogens (tertiary/aromatic N) is 3. The van der Waals surface area contributed by atoms with Gasteiger partial charge in [0.2, 0.25) is 0 Å². The zero-order valence-corrected chi connectivity index (χ0v) is 12.8. The molecule has 0 bridgehead atoms. The van der Waals surface area contributed by atoms with Crippen LogP contribution in [-0.4, -0.2) is 40.3 Å². The average molecular weight is 299 g/mol. The Hall–Kier alpha value is -2.14. The molecule has 1 fully saturated rings. The number of carbonyl (C=O) groups excluding carboxylic acids is 1. The van der Waals surface area contributed by atoms with Crippen LogP contribution in [-0.2, 0) is 16.1 Å². The predicted octanol–water partition coefficient (Wildman–Crippen LogP) is 2.26. The van der Waals surface area contributed by atoms with E-state index in [1.807, 2.05) is 52.2 Å². The first-order chi connectivity index (χ1) is 10.8. The molecular weight excluding hydrogens is 278 g/mol. The highest BCUT2D eigenvalue weighted by atomic mass is 16.5. The van der Waals surface area contributed by atoms with Gasteiger partial charge < -0.3 is 9.64 Å². The third-order valence-electron chi connectivity index (χ3n) is 4.18. The van der Waals surface area contributed by atoms with E-state index in [1.165, 1.54) is 0 Å². The van der Waals surface area contributed by atoms with E-state index in [4.69, 9.17) is 4.74 Å². The Morgan fingerprint density at radius 2 is 2.18 bits per heavy atom. The van der Waals surface area contributed by atoms with Gasteiger partial charge in [-0.1, -0.05) is 30.3 Å². The van der Waals surface area contributed by atoms with Crippen LogP contribution in [0.3, 0.4) is 0 Å². The van der Waals surface area contributed by atoms with Crippen LogP contribution in [0.4, 0.5) is 0 Å². The molecule has 1 aromatic carbocycles. The fourth-order valence-corrected chi connectivity index (χ4v) is 3.10. The minimum atomic E-state index is -0.528. The average Bonchev–Trinajstić information content (AvgIpc) is 3.21. The van der Waals surface area contributed by atoms with Crippen molar-refractivity contribution in [3.05, 3.63) is 54.4 Å². The number of ether oxygens (including phenoxy) is 1. The number of hydrogen-bond acceptors (Lipinski definition) is 3. The maximum absolute atomic E-state index is 12.9. The van der Waals surface area contributed by atoms with Crippen molar-refractivity contribution in [3.63, 3.8) is 0 Å². The summed E-state index contributed by atoms with van der Waals surface area (Å²) in [6.45, 7) is 1.53. The molecule has 2 atom stereocenters. The van der Waals surface area contributed by atoms with Crippen LogP contribution in [0.25, 0.3) is 0 Å². The Labute approximate surface area is 130 Å². The normalized spacial score (nSPS) is 19.3. The molecule has 2 heterocycles. The van der Waals surface area contributed by atoms with Crippen LogP contribution in [0.2, 0.25) is 0 Å². The molecule has 0 spiro atoms. The van der Waals surface area contributed by atoms with Gasteiger partial charge in [-0.05, 0) is 24.5 Å². The summed E-state index contributed by atoms with van der Waals surface area (Å²) in [7, 11) is 1.59. The molecule has 0 saturated carbocycles. The topological polar surface area (TPSA) is 47.4 Å². The standard InChI is InChI=1S/C17H21N3O2/c1-22-16(14-7-3-2-4-8-14)17(21)20-12-5-9-15(20)13-19-11-6-10-18-19/h2-4,6-8,10-11,15-16H,5,9,12-13H2,1H3/t15-,16-/m1/s1. The molecule has 116 valence electrons. The molecule has 5 nitrogen and oxygen atoms in total. The molecule has 0 N–H and O–H groups in total. The van der Waals surface area contributed by atoms with Gasteiger partial charge in [0.05, 0.1) is 12.6 Å². The lowest BCUT2D eigenvalue weighted by molar-refractivity contribution is -0.143. The summed E-state index contributed by atoms with van der Waals surface area (Å²) in [6.07, 6.45) is 5.22. The van der Waals surface area contributed by atoms with Crippen LogP contribution < -0.4 is 0 Å². The Morgan fingerprint density at radius 1 is 1.36 bits per heavy atom. The lowest BCUT2D eigenvalue weighted by atomic mass is 10.1. The first kappa shape index (κ1) is 14.8. The third-order valence-corrected chi connectivity index (χ3v) is 4.18. The molecule has 0 radical (unpaired) electrons. The summed E-state index contributed by atoms with van der Waals surface area (Å²) in [5, 5.41) is 4.24. The van der Waals surface area contributed by atoms with Gasteiger partial charge in [-0.3, -0.25) is 9.48 Å². The number of rotatable bonds is 5. The second-order valence-corrected chi connectivity index (χ2v) is 5.58. The monoisotopic (exact) mass is 299 g/mol. The maximum Gasteiger partial charge on any atom is 0.256 e. The minimum absolute atomic E-state index is 0.0448. The second-order valence-electron chi connectivity index (χ2n) is 5.58. The SMILES string of the molecule is CO[C@@H](C(=O)N1CCC[C@@H]1Cn1cccn1)c1ccccc1. The minimum Gasteiger partial charge on any atom is -0.367 e. The Morgan fingerprint density at radius 3 is 2.86 bits per heavy atom. The van der Waals surface area contributed by atoms with Gasteiger partial charge in [0.25, 0.3) is 5.91 Å². The number of hydrogen-bond donors (Lipinski definition) is 0. The lowest BCUT2D eigenvalue weighted by Gasteiger charge is -2.28. The van der Waals surface area contributed by atoms with Crippen LogP contribution in [0.5, 0.6) is 0 Å². The van der Waals surface area contributed by atoms with E-state index < -0.39 is 6.10 Å². The fraction of sp³-hybridized carbons (Fsp3) is 0.412. The third kappa shape index (κ3) is 3.04. The number of aromatic nitrogens is 2. The summed E-state index contributed by atoms with van der Waals surface area (Å²) >= 11 is 0. The highest BCUT2D eigenvalue weighted by molar-refractivity contribution is 5.82. The quantitative estimate of drug-likeness (QED) is 0.851. The predicted molar refractivity (Wildman–Crippen MR) is 83.2 cm³/mol. The second kappa shape index (κ2) is 6.75. The van der Waals surface area contributed by atoms with E-state index in [1.54, 1.807) is 13.3 Å². The lowest BCUT2D eigenvalue weighted by Crippen LogP contribution is -2.41. The highest BCUT2D eigenvalue weighted by Gasteiger charge is 2.34. The Kier molecular flexibility index (Phi) is 4.53. The Bertz CT molecular complexity index is 598. The van der Waals surface area contributed by atoms with Crippen molar-refractivity contribution in [2.45, 2.75) is 31.5 Å². The number of carbonyl (C=O) groups is 1. The van der Waals surface area contributed by atoms with Gasteiger partial charge in [0.15, 0.2) is 6.10 Å². The van der Waals surface area contributed by atoms with Crippen molar-refractivity contribution < 1.29 is 9.53 Å². The number of amides is 1. The molecule has 1 aliphatic rings. The van der Waals surface area contributed by atoms with E-state index in [-0.39, 0.29) is 11.9 Å². The van der Waals surface area contributed by atoms with Crippen molar-refractivity contribution in [3.8, 4) is 0 Å². The van der Waals surface area contributed by atoms with Gasteiger partial charge in [0.1, 0.15) is 0 Å². The highest BCUT2D eigenvalue weighted by Crippen LogP contribution is 2.26. The van der Waals surface area contributed by atoms with Gasteiger partial charge in [-0.15, -0.1) is 0 Å². The maximum atomic E-state index is 12.9. The van der Waals surface area contributed by atoms with Crippen LogP contribution in [0.1, 0.15) is 24.5 Å².